The van der Waals surface area contributed by atoms with Crippen molar-refractivity contribution in [1.82, 2.24) is 0 Å². The molecule has 0 aromatic heterocycles. The van der Waals surface area contributed by atoms with Crippen LogP contribution in [0.3, 0.4) is 0 Å². The smallest absolute Gasteiger partial charge is 0.261 e. The first-order chi connectivity index (χ1) is 19.8. The number of hydrogen-bond donors (Lipinski definition) is 0. The van der Waals surface area contributed by atoms with Gasteiger partial charge < -0.3 is 0 Å². The van der Waals surface area contributed by atoms with Crippen LogP contribution in [0.1, 0.15) is 36.5 Å². The summed E-state index contributed by atoms with van der Waals surface area (Å²) in [4.78, 5) is 52.2. The van der Waals surface area contributed by atoms with Crippen LogP contribution in [0.25, 0.3) is 11.1 Å². The SMILES string of the molecule is CC1=CC(=O)N(c2ccc(C(c3ccc(-c4ccccc4)cc3)c3ccc(N4C(=O)C=C(C)C4=O)cc3)cc2)C1=O. The second-order valence-corrected chi connectivity index (χ2v) is 10.2. The summed E-state index contributed by atoms with van der Waals surface area (Å²) in [5, 5.41) is 0. The molecule has 0 fully saturated rings. The zero-order valence-electron chi connectivity index (χ0n) is 22.6. The molecule has 0 saturated heterocycles. The van der Waals surface area contributed by atoms with E-state index in [-0.39, 0.29) is 29.5 Å². The molecule has 4 amide bonds. The molecule has 2 aliphatic rings. The Morgan fingerprint density at radius 1 is 0.463 bits per heavy atom. The molecule has 0 atom stereocenters. The molecule has 2 heterocycles. The molecule has 200 valence electrons. The minimum atomic E-state index is -0.348. The van der Waals surface area contributed by atoms with Crippen molar-refractivity contribution in [2.75, 3.05) is 9.80 Å². The van der Waals surface area contributed by atoms with Gasteiger partial charge in [-0.05, 0) is 65.9 Å². The summed E-state index contributed by atoms with van der Waals surface area (Å²) >= 11 is 0. The van der Waals surface area contributed by atoms with Crippen LogP contribution in [-0.4, -0.2) is 23.6 Å². The maximum absolute atomic E-state index is 12.5. The Balaban J connectivity index is 1.37. The molecule has 4 aromatic carbocycles. The lowest BCUT2D eigenvalue weighted by Gasteiger charge is -2.22. The molecular formula is C35H26N2O4. The Kier molecular flexibility index (Phi) is 6.52. The zero-order chi connectivity index (χ0) is 28.7. The van der Waals surface area contributed by atoms with Crippen molar-refractivity contribution >= 4 is 35.0 Å². The average Bonchev–Trinajstić information content (AvgIpc) is 3.40. The van der Waals surface area contributed by atoms with Gasteiger partial charge in [0.15, 0.2) is 0 Å². The van der Waals surface area contributed by atoms with Crippen LogP contribution < -0.4 is 9.80 Å². The summed E-state index contributed by atoms with van der Waals surface area (Å²) in [5.74, 6) is -1.51. The van der Waals surface area contributed by atoms with E-state index >= 15 is 0 Å². The van der Waals surface area contributed by atoms with E-state index in [4.69, 9.17) is 0 Å². The van der Waals surface area contributed by atoms with Crippen molar-refractivity contribution < 1.29 is 19.2 Å². The third kappa shape index (κ3) is 4.70. The summed E-state index contributed by atoms with van der Waals surface area (Å²) < 4.78 is 0. The van der Waals surface area contributed by atoms with Crippen molar-refractivity contribution in [2.45, 2.75) is 19.8 Å². The maximum atomic E-state index is 12.5. The molecule has 0 saturated carbocycles. The number of nitrogens with zero attached hydrogens (tertiary/aromatic N) is 2. The number of imide groups is 2. The minimum absolute atomic E-state index is 0.183. The highest BCUT2D eigenvalue weighted by atomic mass is 16.2. The predicted molar refractivity (Wildman–Crippen MR) is 158 cm³/mol. The molecule has 6 heteroatoms. The van der Waals surface area contributed by atoms with Crippen molar-refractivity contribution in [2.24, 2.45) is 0 Å². The zero-order valence-corrected chi connectivity index (χ0v) is 22.6. The lowest BCUT2D eigenvalue weighted by atomic mass is 9.84. The van der Waals surface area contributed by atoms with E-state index in [1.54, 1.807) is 38.1 Å². The molecule has 41 heavy (non-hydrogen) atoms. The van der Waals surface area contributed by atoms with Gasteiger partial charge in [-0.3, -0.25) is 19.2 Å². The second-order valence-electron chi connectivity index (χ2n) is 10.2. The van der Waals surface area contributed by atoms with Crippen LogP contribution in [0.15, 0.2) is 126 Å². The normalized spacial score (nSPS) is 15.2. The van der Waals surface area contributed by atoms with Crippen molar-refractivity contribution in [3.63, 3.8) is 0 Å². The van der Waals surface area contributed by atoms with Crippen LogP contribution in [0.2, 0.25) is 0 Å². The molecule has 2 aliphatic heterocycles. The lowest BCUT2D eigenvalue weighted by Crippen LogP contribution is -2.30. The van der Waals surface area contributed by atoms with E-state index < -0.39 is 0 Å². The van der Waals surface area contributed by atoms with Gasteiger partial charge in [0.05, 0.1) is 11.4 Å². The second kappa shape index (κ2) is 10.3. The van der Waals surface area contributed by atoms with Crippen molar-refractivity contribution in [3.8, 4) is 11.1 Å². The van der Waals surface area contributed by atoms with E-state index in [1.165, 1.54) is 22.0 Å². The monoisotopic (exact) mass is 538 g/mol. The standard InChI is InChI=1S/C35H26N2O4/c1-22-20-31(38)36(34(22)40)29-16-12-27(13-17-29)33(26-10-8-25(9-11-26)24-6-4-3-5-7-24)28-14-18-30(19-15-28)37-32(39)21-23(2)35(37)41/h3-21,33H,1-2H3. The van der Waals surface area contributed by atoms with Gasteiger partial charge in [0.25, 0.3) is 23.6 Å². The summed E-state index contributed by atoms with van der Waals surface area (Å²) in [6, 6.07) is 33.3. The highest BCUT2D eigenvalue weighted by Crippen LogP contribution is 2.36. The Hall–Kier alpha value is -5.36. The Morgan fingerprint density at radius 3 is 1.20 bits per heavy atom. The Morgan fingerprint density at radius 2 is 0.829 bits per heavy atom. The fourth-order valence-corrected chi connectivity index (χ4v) is 5.37. The highest BCUT2D eigenvalue weighted by Gasteiger charge is 2.31. The third-order valence-electron chi connectivity index (χ3n) is 7.52. The highest BCUT2D eigenvalue weighted by molar-refractivity contribution is 6.31. The van der Waals surface area contributed by atoms with Crippen molar-refractivity contribution in [1.29, 1.82) is 0 Å². The molecule has 0 N–H and O–H groups in total. The fourth-order valence-electron chi connectivity index (χ4n) is 5.37. The van der Waals surface area contributed by atoms with Crippen LogP contribution in [-0.2, 0) is 19.2 Å². The van der Waals surface area contributed by atoms with Crippen LogP contribution in [0.4, 0.5) is 11.4 Å². The lowest BCUT2D eigenvalue weighted by molar-refractivity contribution is -0.121. The van der Waals surface area contributed by atoms with Crippen LogP contribution >= 0.6 is 0 Å². The quantitative estimate of drug-likeness (QED) is 0.217. The van der Waals surface area contributed by atoms with Gasteiger partial charge in [-0.15, -0.1) is 0 Å². The summed E-state index contributed by atoms with van der Waals surface area (Å²) in [7, 11) is 0. The number of carbonyl (C=O) groups is 4. The first-order valence-corrected chi connectivity index (χ1v) is 13.3. The molecule has 0 unspecified atom stereocenters. The first kappa shape index (κ1) is 25.9. The molecular weight excluding hydrogens is 512 g/mol. The number of hydrogen-bond acceptors (Lipinski definition) is 4. The molecule has 6 nitrogen and oxygen atoms in total. The van der Waals surface area contributed by atoms with Gasteiger partial charge in [-0.25, -0.2) is 9.80 Å². The van der Waals surface area contributed by atoms with E-state index in [0.717, 1.165) is 27.8 Å². The summed E-state index contributed by atoms with van der Waals surface area (Å²) in [5.41, 5.74) is 7.04. The van der Waals surface area contributed by atoms with Gasteiger partial charge in [-0.1, -0.05) is 78.9 Å². The summed E-state index contributed by atoms with van der Waals surface area (Å²) in [6.07, 6.45) is 2.70. The van der Waals surface area contributed by atoms with Gasteiger partial charge >= 0.3 is 0 Å². The van der Waals surface area contributed by atoms with Gasteiger partial charge in [0.2, 0.25) is 0 Å². The van der Waals surface area contributed by atoms with E-state index in [9.17, 15) is 19.2 Å². The molecule has 0 spiro atoms. The minimum Gasteiger partial charge on any atom is -0.269 e. The number of anilines is 2. The molecule has 0 bridgehead atoms. The van der Waals surface area contributed by atoms with Gasteiger partial charge in [-0.2, -0.15) is 0 Å². The molecule has 0 radical (unpaired) electrons. The van der Waals surface area contributed by atoms with Crippen LogP contribution in [0.5, 0.6) is 0 Å². The average molecular weight is 539 g/mol. The Labute approximate surface area is 237 Å². The Bertz CT molecular complexity index is 1660. The van der Waals surface area contributed by atoms with Gasteiger partial charge in [0.1, 0.15) is 0 Å². The third-order valence-corrected chi connectivity index (χ3v) is 7.52. The largest absolute Gasteiger partial charge is 0.269 e. The number of carbonyl (C=O) groups excluding carboxylic acids is 4. The van der Waals surface area contributed by atoms with E-state index in [2.05, 4.69) is 36.4 Å². The fraction of sp³-hybridized carbons (Fsp3) is 0.0857. The molecule has 6 rings (SSSR count). The molecule has 4 aromatic rings. The van der Waals surface area contributed by atoms with Crippen LogP contribution in [0, 0.1) is 0 Å². The number of amides is 4. The topological polar surface area (TPSA) is 74.8 Å². The number of benzene rings is 4. The maximum Gasteiger partial charge on any atom is 0.261 e. The van der Waals surface area contributed by atoms with Crippen molar-refractivity contribution in [3.05, 3.63) is 143 Å². The first-order valence-electron chi connectivity index (χ1n) is 13.3. The van der Waals surface area contributed by atoms with E-state index in [1.807, 2.05) is 42.5 Å². The number of rotatable bonds is 6. The molecule has 0 aliphatic carbocycles. The van der Waals surface area contributed by atoms with E-state index in [0.29, 0.717) is 22.5 Å². The predicted octanol–water partition coefficient (Wildman–Crippen LogP) is 6.17. The summed E-state index contributed by atoms with van der Waals surface area (Å²) in [6.45, 7) is 3.27. The van der Waals surface area contributed by atoms with Gasteiger partial charge in [0, 0.05) is 29.2 Å².